The quantitative estimate of drug-likeness (QED) is 0.912. The maximum Gasteiger partial charge on any atom is 0.0858 e. The van der Waals surface area contributed by atoms with Gasteiger partial charge in [0.05, 0.1) is 24.7 Å². The number of nitrogens with one attached hydrogen (secondary N) is 1. The van der Waals surface area contributed by atoms with Crippen molar-refractivity contribution in [3.63, 3.8) is 0 Å². The summed E-state index contributed by atoms with van der Waals surface area (Å²) in [6.45, 7) is 3.96. The average Bonchev–Trinajstić information content (AvgIpc) is 3.13. The van der Waals surface area contributed by atoms with E-state index in [2.05, 4.69) is 34.6 Å². The topological polar surface area (TPSA) is 52.0 Å². The molecule has 1 aromatic carbocycles. The number of hydrogen-bond acceptors (Lipinski definition) is 4. The maximum atomic E-state index is 5.42. The highest BCUT2D eigenvalue weighted by atomic mass is 16.5. The maximum absolute atomic E-state index is 5.42. The predicted molar refractivity (Wildman–Crippen MR) is 73.4 cm³/mol. The second-order valence-electron chi connectivity index (χ2n) is 4.92. The lowest BCUT2D eigenvalue weighted by Crippen LogP contribution is -2.26. The molecule has 2 unspecified atom stereocenters. The molecule has 1 aromatic heterocycles. The molecule has 0 spiro atoms. The van der Waals surface area contributed by atoms with Gasteiger partial charge in [0.2, 0.25) is 0 Å². The van der Waals surface area contributed by atoms with Gasteiger partial charge in [-0.15, -0.1) is 0 Å². The first-order valence-corrected chi connectivity index (χ1v) is 6.64. The first-order valence-electron chi connectivity index (χ1n) is 6.64. The molecule has 1 fully saturated rings. The summed E-state index contributed by atoms with van der Waals surface area (Å²) < 4.78 is 5.42. The van der Waals surface area contributed by atoms with Gasteiger partial charge in [0.25, 0.3) is 0 Å². The van der Waals surface area contributed by atoms with E-state index in [0.29, 0.717) is 12.0 Å². The van der Waals surface area contributed by atoms with Crippen molar-refractivity contribution in [3.05, 3.63) is 36.7 Å². The summed E-state index contributed by atoms with van der Waals surface area (Å²) in [6.07, 6.45) is 4.49. The molecule has 19 heavy (non-hydrogen) atoms. The van der Waals surface area contributed by atoms with Gasteiger partial charge in [0.1, 0.15) is 0 Å². The molecule has 0 amide bonds. The van der Waals surface area contributed by atoms with Crippen LogP contribution in [0.3, 0.4) is 0 Å². The van der Waals surface area contributed by atoms with E-state index in [-0.39, 0.29) is 0 Å². The molecule has 2 heterocycles. The van der Waals surface area contributed by atoms with Gasteiger partial charge in [-0.05, 0) is 37.6 Å². The number of hydrogen-bond donors (Lipinski definition) is 1. The second kappa shape index (κ2) is 5.40. The molecule has 1 aliphatic heterocycles. The Morgan fingerprint density at radius 2 is 2.00 bits per heavy atom. The van der Waals surface area contributed by atoms with Crippen LogP contribution in [0.15, 0.2) is 36.7 Å². The SMILES string of the molecule is CC(Nc1ccc(-n2nccn2)cc1)C1CCOC1. The van der Waals surface area contributed by atoms with Crippen LogP contribution >= 0.6 is 0 Å². The summed E-state index contributed by atoms with van der Waals surface area (Å²) in [4.78, 5) is 1.61. The van der Waals surface area contributed by atoms with E-state index in [0.717, 1.165) is 31.0 Å². The first kappa shape index (κ1) is 12.2. The molecule has 0 radical (unpaired) electrons. The van der Waals surface area contributed by atoms with Crippen LogP contribution in [-0.2, 0) is 4.74 Å². The third-order valence-electron chi connectivity index (χ3n) is 3.58. The van der Waals surface area contributed by atoms with Crippen molar-refractivity contribution in [1.29, 1.82) is 0 Å². The number of aromatic nitrogens is 3. The highest BCUT2D eigenvalue weighted by Crippen LogP contribution is 2.20. The van der Waals surface area contributed by atoms with Crippen LogP contribution in [0.2, 0.25) is 0 Å². The molecule has 1 aliphatic rings. The van der Waals surface area contributed by atoms with Gasteiger partial charge in [-0.3, -0.25) is 0 Å². The number of benzene rings is 1. The van der Waals surface area contributed by atoms with Gasteiger partial charge >= 0.3 is 0 Å². The fourth-order valence-corrected chi connectivity index (χ4v) is 2.37. The van der Waals surface area contributed by atoms with Crippen molar-refractivity contribution >= 4 is 5.69 Å². The standard InChI is InChI=1S/C14H18N4O/c1-11(12-6-9-19-10-12)17-13-2-4-14(5-3-13)18-15-7-8-16-18/h2-5,7-8,11-12,17H,6,9-10H2,1H3. The van der Waals surface area contributed by atoms with E-state index in [1.54, 1.807) is 17.2 Å². The highest BCUT2D eigenvalue weighted by Gasteiger charge is 2.21. The summed E-state index contributed by atoms with van der Waals surface area (Å²) in [6, 6.07) is 8.58. The number of ether oxygens (including phenoxy) is 1. The Labute approximate surface area is 112 Å². The summed E-state index contributed by atoms with van der Waals surface area (Å²) in [5.41, 5.74) is 2.09. The molecule has 5 heteroatoms. The second-order valence-corrected chi connectivity index (χ2v) is 4.92. The van der Waals surface area contributed by atoms with Gasteiger partial charge < -0.3 is 10.1 Å². The molecular weight excluding hydrogens is 240 g/mol. The largest absolute Gasteiger partial charge is 0.382 e. The van der Waals surface area contributed by atoms with Crippen molar-refractivity contribution < 1.29 is 4.74 Å². The molecule has 1 saturated heterocycles. The molecule has 0 aliphatic carbocycles. The van der Waals surface area contributed by atoms with Crippen molar-refractivity contribution in [2.75, 3.05) is 18.5 Å². The lowest BCUT2D eigenvalue weighted by Gasteiger charge is -2.20. The van der Waals surface area contributed by atoms with Crippen molar-refractivity contribution in [2.45, 2.75) is 19.4 Å². The van der Waals surface area contributed by atoms with Gasteiger partial charge in [0.15, 0.2) is 0 Å². The molecule has 100 valence electrons. The van der Waals surface area contributed by atoms with E-state index >= 15 is 0 Å². The minimum Gasteiger partial charge on any atom is -0.382 e. The number of nitrogens with zero attached hydrogens (tertiary/aromatic N) is 3. The molecule has 1 N–H and O–H groups in total. The molecule has 0 saturated carbocycles. The fraction of sp³-hybridized carbons (Fsp3) is 0.429. The summed E-state index contributed by atoms with van der Waals surface area (Å²) >= 11 is 0. The van der Waals surface area contributed by atoms with Crippen LogP contribution in [0.4, 0.5) is 5.69 Å². The molecule has 2 aromatic rings. The average molecular weight is 258 g/mol. The number of rotatable bonds is 4. The third-order valence-corrected chi connectivity index (χ3v) is 3.58. The van der Waals surface area contributed by atoms with Crippen LogP contribution < -0.4 is 5.32 Å². The zero-order valence-electron chi connectivity index (χ0n) is 11.0. The minimum atomic E-state index is 0.427. The van der Waals surface area contributed by atoms with Crippen LogP contribution in [-0.4, -0.2) is 34.2 Å². The molecule has 0 bridgehead atoms. The van der Waals surface area contributed by atoms with E-state index < -0.39 is 0 Å². The van der Waals surface area contributed by atoms with Crippen LogP contribution in [0, 0.1) is 5.92 Å². The Balaban J connectivity index is 1.65. The summed E-state index contributed by atoms with van der Waals surface area (Å²) in [7, 11) is 0. The van der Waals surface area contributed by atoms with Gasteiger partial charge in [-0.1, -0.05) is 0 Å². The Hall–Kier alpha value is -1.88. The fourth-order valence-electron chi connectivity index (χ4n) is 2.37. The van der Waals surface area contributed by atoms with Crippen LogP contribution in [0.1, 0.15) is 13.3 Å². The normalized spacial score (nSPS) is 20.4. The zero-order valence-corrected chi connectivity index (χ0v) is 11.0. The van der Waals surface area contributed by atoms with Gasteiger partial charge in [-0.25, -0.2) is 0 Å². The molecular formula is C14H18N4O. The minimum absolute atomic E-state index is 0.427. The van der Waals surface area contributed by atoms with E-state index in [9.17, 15) is 0 Å². The lowest BCUT2D eigenvalue weighted by atomic mass is 10.0. The smallest absolute Gasteiger partial charge is 0.0858 e. The highest BCUT2D eigenvalue weighted by molar-refractivity contribution is 5.48. The Bertz CT molecular complexity index is 503. The van der Waals surface area contributed by atoms with Gasteiger partial charge in [0, 0.05) is 24.3 Å². The van der Waals surface area contributed by atoms with Crippen LogP contribution in [0.25, 0.3) is 5.69 Å². The zero-order chi connectivity index (χ0) is 13.1. The van der Waals surface area contributed by atoms with Crippen LogP contribution in [0.5, 0.6) is 0 Å². The third kappa shape index (κ3) is 2.76. The van der Waals surface area contributed by atoms with E-state index in [4.69, 9.17) is 4.74 Å². The Kier molecular flexibility index (Phi) is 3.46. The summed E-state index contributed by atoms with van der Waals surface area (Å²) in [5, 5.41) is 11.7. The lowest BCUT2D eigenvalue weighted by molar-refractivity contribution is 0.183. The molecule has 2 atom stereocenters. The molecule has 3 rings (SSSR count). The van der Waals surface area contributed by atoms with E-state index in [1.807, 2.05) is 12.1 Å². The van der Waals surface area contributed by atoms with Gasteiger partial charge in [-0.2, -0.15) is 15.0 Å². The van der Waals surface area contributed by atoms with E-state index in [1.165, 1.54) is 0 Å². The van der Waals surface area contributed by atoms with Crippen molar-refractivity contribution in [3.8, 4) is 5.69 Å². The monoisotopic (exact) mass is 258 g/mol. The Morgan fingerprint density at radius 1 is 1.26 bits per heavy atom. The summed E-state index contributed by atoms with van der Waals surface area (Å²) in [5.74, 6) is 0.604. The number of anilines is 1. The molecule has 5 nitrogen and oxygen atoms in total. The van der Waals surface area contributed by atoms with Crippen molar-refractivity contribution in [2.24, 2.45) is 5.92 Å². The van der Waals surface area contributed by atoms with Crippen molar-refractivity contribution in [1.82, 2.24) is 15.0 Å². The Morgan fingerprint density at radius 3 is 2.63 bits per heavy atom. The predicted octanol–water partition coefficient (Wildman–Crippen LogP) is 2.10. The first-order chi connectivity index (χ1) is 9.33.